The molecule has 0 unspecified atom stereocenters. The average Bonchev–Trinajstić information content (AvgIpc) is 3.05. The summed E-state index contributed by atoms with van der Waals surface area (Å²) in [6.07, 6.45) is 1.58. The molecule has 1 saturated carbocycles. The maximum atomic E-state index is 10.4. The number of benzene rings is 1. The van der Waals surface area contributed by atoms with Gasteiger partial charge in [-0.15, -0.1) is 0 Å². The molecule has 100 valence electrons. The highest BCUT2D eigenvalue weighted by atomic mass is 16.5. The van der Waals surface area contributed by atoms with Gasteiger partial charge in [0.15, 0.2) is 11.5 Å². The molecule has 1 N–H and O–H groups in total. The number of ether oxygens (including phenoxy) is 2. The molecule has 18 heavy (non-hydrogen) atoms. The summed E-state index contributed by atoms with van der Waals surface area (Å²) in [4.78, 5) is 0. The third-order valence-corrected chi connectivity index (χ3v) is 3.57. The second-order valence-corrected chi connectivity index (χ2v) is 6.04. The quantitative estimate of drug-likeness (QED) is 0.896. The molecule has 3 nitrogen and oxygen atoms in total. The molecular formula is C15H22O3. The van der Waals surface area contributed by atoms with Crippen LogP contribution in [0.4, 0.5) is 0 Å². The number of hydrogen-bond donors (Lipinski definition) is 1. The summed E-state index contributed by atoms with van der Waals surface area (Å²) >= 11 is 0. The Morgan fingerprint density at radius 2 is 1.72 bits per heavy atom. The Labute approximate surface area is 109 Å². The van der Waals surface area contributed by atoms with Crippen molar-refractivity contribution in [3.63, 3.8) is 0 Å². The molecule has 2 rings (SSSR count). The van der Waals surface area contributed by atoms with E-state index in [2.05, 4.69) is 20.8 Å². The molecule has 1 aromatic rings. The zero-order chi connectivity index (χ0) is 13.6. The molecule has 0 radical (unpaired) electrons. The molecular weight excluding hydrogens is 228 g/mol. The summed E-state index contributed by atoms with van der Waals surface area (Å²) in [7, 11) is 3.24. The molecule has 3 heteroatoms. The van der Waals surface area contributed by atoms with Crippen LogP contribution in [-0.4, -0.2) is 19.3 Å². The van der Waals surface area contributed by atoms with E-state index in [-0.39, 0.29) is 5.41 Å². The SMILES string of the molecule is COc1cc(C(C)(C)C)cc(C2(O)CC2)c1OC. The fourth-order valence-corrected chi connectivity index (χ4v) is 2.13. The van der Waals surface area contributed by atoms with Crippen LogP contribution >= 0.6 is 0 Å². The first-order chi connectivity index (χ1) is 8.31. The Balaban J connectivity index is 2.62. The molecule has 0 atom stereocenters. The molecule has 1 aliphatic rings. The Morgan fingerprint density at radius 1 is 1.11 bits per heavy atom. The monoisotopic (exact) mass is 250 g/mol. The fourth-order valence-electron chi connectivity index (χ4n) is 2.13. The van der Waals surface area contributed by atoms with E-state index in [4.69, 9.17) is 9.47 Å². The van der Waals surface area contributed by atoms with Gasteiger partial charge in [0.2, 0.25) is 0 Å². The maximum absolute atomic E-state index is 10.4. The Morgan fingerprint density at radius 3 is 2.11 bits per heavy atom. The maximum Gasteiger partial charge on any atom is 0.166 e. The van der Waals surface area contributed by atoms with Crippen LogP contribution in [0, 0.1) is 0 Å². The lowest BCUT2D eigenvalue weighted by Gasteiger charge is -2.24. The lowest BCUT2D eigenvalue weighted by molar-refractivity contribution is 0.146. The van der Waals surface area contributed by atoms with Gasteiger partial charge in [0, 0.05) is 5.56 Å². The first kappa shape index (κ1) is 13.2. The van der Waals surface area contributed by atoms with Crippen molar-refractivity contribution >= 4 is 0 Å². The van der Waals surface area contributed by atoms with Crippen LogP contribution in [0.1, 0.15) is 44.7 Å². The zero-order valence-electron chi connectivity index (χ0n) is 11.8. The van der Waals surface area contributed by atoms with E-state index in [0.29, 0.717) is 11.5 Å². The van der Waals surface area contributed by atoms with Gasteiger partial charge in [-0.25, -0.2) is 0 Å². The van der Waals surface area contributed by atoms with Gasteiger partial charge in [0.05, 0.1) is 19.8 Å². The predicted octanol–water partition coefficient (Wildman–Crippen LogP) is 2.98. The molecule has 1 aliphatic carbocycles. The molecule has 1 fully saturated rings. The molecule has 0 aromatic heterocycles. The summed E-state index contributed by atoms with van der Waals surface area (Å²) in [5, 5.41) is 10.4. The number of methoxy groups -OCH3 is 2. The van der Waals surface area contributed by atoms with Crippen LogP contribution in [-0.2, 0) is 11.0 Å². The third-order valence-electron chi connectivity index (χ3n) is 3.57. The first-order valence-corrected chi connectivity index (χ1v) is 6.31. The first-order valence-electron chi connectivity index (χ1n) is 6.31. The van der Waals surface area contributed by atoms with E-state index in [1.165, 1.54) is 0 Å². The van der Waals surface area contributed by atoms with Gasteiger partial charge in [-0.1, -0.05) is 20.8 Å². The third kappa shape index (κ3) is 2.19. The van der Waals surface area contributed by atoms with Crippen molar-refractivity contribution in [1.29, 1.82) is 0 Å². The van der Waals surface area contributed by atoms with Crippen molar-refractivity contribution in [1.82, 2.24) is 0 Å². The fraction of sp³-hybridized carbons (Fsp3) is 0.600. The van der Waals surface area contributed by atoms with E-state index >= 15 is 0 Å². The smallest absolute Gasteiger partial charge is 0.166 e. The van der Waals surface area contributed by atoms with Gasteiger partial charge < -0.3 is 14.6 Å². The lowest BCUT2D eigenvalue weighted by atomic mass is 9.84. The average molecular weight is 250 g/mol. The van der Waals surface area contributed by atoms with Gasteiger partial charge in [-0.3, -0.25) is 0 Å². The minimum Gasteiger partial charge on any atom is -0.493 e. The summed E-state index contributed by atoms with van der Waals surface area (Å²) in [6.45, 7) is 6.44. The standard InChI is InChI=1S/C15H22O3/c1-14(2,3)10-8-11(15(16)6-7-15)13(18-5)12(9-10)17-4/h8-9,16H,6-7H2,1-5H3. The molecule has 0 heterocycles. The molecule has 0 bridgehead atoms. The van der Waals surface area contributed by atoms with Crippen molar-refractivity contribution in [3.8, 4) is 11.5 Å². The van der Waals surface area contributed by atoms with E-state index in [9.17, 15) is 5.11 Å². The van der Waals surface area contributed by atoms with Crippen molar-refractivity contribution in [2.75, 3.05) is 14.2 Å². The number of hydrogen-bond acceptors (Lipinski definition) is 3. The Hall–Kier alpha value is -1.22. The zero-order valence-corrected chi connectivity index (χ0v) is 11.8. The minimum atomic E-state index is -0.722. The Kier molecular flexibility index (Phi) is 3.06. The van der Waals surface area contributed by atoms with Gasteiger partial charge in [-0.05, 0) is 36.0 Å². The van der Waals surface area contributed by atoms with Crippen LogP contribution in [0.3, 0.4) is 0 Å². The van der Waals surface area contributed by atoms with E-state index < -0.39 is 5.60 Å². The van der Waals surface area contributed by atoms with Gasteiger partial charge in [0.1, 0.15) is 0 Å². The van der Waals surface area contributed by atoms with E-state index in [1.54, 1.807) is 14.2 Å². The van der Waals surface area contributed by atoms with E-state index in [1.807, 2.05) is 12.1 Å². The predicted molar refractivity (Wildman–Crippen MR) is 71.4 cm³/mol. The van der Waals surface area contributed by atoms with E-state index in [0.717, 1.165) is 24.0 Å². The second-order valence-electron chi connectivity index (χ2n) is 6.04. The summed E-state index contributed by atoms with van der Waals surface area (Å²) in [5.74, 6) is 1.35. The normalized spacial score (nSPS) is 17.4. The second kappa shape index (κ2) is 4.16. The summed E-state index contributed by atoms with van der Waals surface area (Å²) in [6, 6.07) is 4.04. The van der Waals surface area contributed by atoms with Crippen LogP contribution in [0.25, 0.3) is 0 Å². The van der Waals surface area contributed by atoms with Gasteiger partial charge in [-0.2, -0.15) is 0 Å². The number of aliphatic hydroxyl groups is 1. The minimum absolute atomic E-state index is 0.0134. The Bertz CT molecular complexity index is 454. The summed E-state index contributed by atoms with van der Waals surface area (Å²) < 4.78 is 10.8. The lowest BCUT2D eigenvalue weighted by Crippen LogP contribution is -2.15. The van der Waals surface area contributed by atoms with Crippen molar-refractivity contribution in [3.05, 3.63) is 23.3 Å². The molecule has 1 aromatic carbocycles. The van der Waals surface area contributed by atoms with Gasteiger partial charge in [0.25, 0.3) is 0 Å². The molecule has 0 aliphatic heterocycles. The highest BCUT2D eigenvalue weighted by Gasteiger charge is 2.45. The van der Waals surface area contributed by atoms with Crippen molar-refractivity contribution < 1.29 is 14.6 Å². The van der Waals surface area contributed by atoms with Crippen LogP contribution in [0.2, 0.25) is 0 Å². The largest absolute Gasteiger partial charge is 0.493 e. The number of rotatable bonds is 3. The highest BCUT2D eigenvalue weighted by molar-refractivity contribution is 5.54. The molecule has 0 saturated heterocycles. The van der Waals surface area contributed by atoms with Crippen LogP contribution in [0.5, 0.6) is 11.5 Å². The highest BCUT2D eigenvalue weighted by Crippen LogP contribution is 2.52. The van der Waals surface area contributed by atoms with Crippen molar-refractivity contribution in [2.45, 2.75) is 44.6 Å². The van der Waals surface area contributed by atoms with Gasteiger partial charge >= 0.3 is 0 Å². The van der Waals surface area contributed by atoms with Crippen LogP contribution < -0.4 is 9.47 Å². The van der Waals surface area contributed by atoms with Crippen LogP contribution in [0.15, 0.2) is 12.1 Å². The molecule has 0 spiro atoms. The summed E-state index contributed by atoms with van der Waals surface area (Å²) in [5.41, 5.74) is 1.30. The molecule has 0 amide bonds. The topological polar surface area (TPSA) is 38.7 Å². The van der Waals surface area contributed by atoms with Crippen molar-refractivity contribution in [2.24, 2.45) is 0 Å².